The fraction of sp³-hybridized carbons (Fsp3) is 0.133. The second-order valence-electron chi connectivity index (χ2n) is 3.34. The smallest absolute Gasteiger partial charge is 0.281 e. The first-order chi connectivity index (χ1) is 9.25. The number of hydrogen-bond acceptors (Lipinski definition) is 3. The van der Waals surface area contributed by atoms with Crippen molar-refractivity contribution in [2.45, 2.75) is 13.3 Å². The zero-order valence-electron chi connectivity index (χ0n) is 10.2. The Hall–Kier alpha value is -1.77. The van der Waals surface area contributed by atoms with Gasteiger partial charge in [0, 0.05) is 0 Å². The molecule has 1 aromatic rings. The molecule has 0 heterocycles. The first-order valence-electron chi connectivity index (χ1n) is 4.98. The van der Waals surface area contributed by atoms with Gasteiger partial charge in [0.15, 0.2) is 0 Å². The Bertz CT molecular complexity index is 434. The van der Waals surface area contributed by atoms with E-state index in [4.69, 9.17) is 14.4 Å². The fourth-order valence-corrected chi connectivity index (χ4v) is 1.83. The first-order valence-corrected chi connectivity index (χ1v) is 5.53. The van der Waals surface area contributed by atoms with Crippen LogP contribution in [0.2, 0.25) is 0 Å². The molecule has 6 radical (unpaired) electrons. The van der Waals surface area contributed by atoms with E-state index in [0.29, 0.717) is 0 Å². The van der Waals surface area contributed by atoms with E-state index in [9.17, 15) is 0 Å². The van der Waals surface area contributed by atoms with Crippen LogP contribution in [-0.2, 0) is 30.4 Å². The van der Waals surface area contributed by atoms with Crippen molar-refractivity contribution in [2.24, 2.45) is 0 Å². The van der Waals surface area contributed by atoms with Crippen molar-refractivity contribution in [1.29, 1.82) is 0 Å². The fourth-order valence-electron chi connectivity index (χ4n) is 1.53. The summed E-state index contributed by atoms with van der Waals surface area (Å²) in [5.74, 6) is 0. The van der Waals surface area contributed by atoms with Crippen LogP contribution in [0.5, 0.6) is 0 Å². The van der Waals surface area contributed by atoms with Crippen LogP contribution in [0.4, 0.5) is 0 Å². The number of hydrogen-bond donors (Lipinski definition) is 0. The van der Waals surface area contributed by atoms with E-state index in [1.54, 1.807) is 0 Å². The third kappa shape index (κ3) is 7.29. The molecule has 0 aliphatic heterocycles. The molecule has 0 N–H and O–H groups in total. The monoisotopic (exact) mass is 295 g/mol. The molecule has 0 saturated carbocycles. The number of allylic oxidation sites excluding steroid dienone is 4. The predicted molar refractivity (Wildman–Crippen MR) is 68.9 cm³/mol. The molecular weight excluding hydrogens is 284 g/mol. The van der Waals surface area contributed by atoms with Gasteiger partial charge < -0.3 is 0 Å². The van der Waals surface area contributed by atoms with Crippen LogP contribution in [0.15, 0.2) is 40.9 Å². The van der Waals surface area contributed by atoms with Gasteiger partial charge in [0.1, 0.15) is 0 Å². The molecule has 1 aromatic carbocycles. The molecular formula is C15H11FeO3. The summed E-state index contributed by atoms with van der Waals surface area (Å²) in [6, 6.07) is 8.60. The summed E-state index contributed by atoms with van der Waals surface area (Å²) in [5, 5.41) is 0. The summed E-state index contributed by atoms with van der Waals surface area (Å²) in [5.41, 5.74) is 4.03. The standard InChI is InChI=1S/C12H11.3CO.Fe/c1-10-5-4-8-12(9-10)11-6-2-3-7-11;3*1-2;/h2,4-6,8-9H,7H2,1H3;;;;. The SMILES string of the molecule is Cc1cccc(C2=CC=[C]([Fe])C2)c1.[C]=O.[C]=O.[C]=O. The van der Waals surface area contributed by atoms with Gasteiger partial charge in [-0.25, -0.2) is 0 Å². The Labute approximate surface area is 122 Å². The van der Waals surface area contributed by atoms with E-state index in [-0.39, 0.29) is 0 Å². The molecule has 4 heteroatoms. The van der Waals surface area contributed by atoms with Crippen LogP contribution < -0.4 is 0 Å². The van der Waals surface area contributed by atoms with Crippen molar-refractivity contribution in [3.63, 3.8) is 0 Å². The van der Waals surface area contributed by atoms with Gasteiger partial charge in [-0.05, 0) is 0 Å². The van der Waals surface area contributed by atoms with E-state index >= 15 is 0 Å². The quantitative estimate of drug-likeness (QED) is 0.745. The molecule has 0 unspecified atom stereocenters. The number of aryl methyl sites for hydroxylation is 1. The van der Waals surface area contributed by atoms with E-state index in [0.717, 1.165) is 6.42 Å². The summed E-state index contributed by atoms with van der Waals surface area (Å²) >= 11 is 3.94. The molecule has 1 aliphatic rings. The Morgan fingerprint density at radius 2 is 1.58 bits per heavy atom. The minimum absolute atomic E-state index is 1.00. The average molecular weight is 295 g/mol. The molecule has 1 aliphatic carbocycles. The topological polar surface area (TPSA) is 51.2 Å². The average Bonchev–Trinajstić information content (AvgIpc) is 2.92. The molecule has 3 nitrogen and oxygen atoms in total. The normalized spacial score (nSPS) is 11.3. The van der Waals surface area contributed by atoms with Crippen molar-refractivity contribution in [1.82, 2.24) is 0 Å². The molecule has 0 amide bonds. The molecule has 0 atom stereocenters. The van der Waals surface area contributed by atoms with E-state index in [1.807, 2.05) is 0 Å². The van der Waals surface area contributed by atoms with Crippen LogP contribution in [0, 0.1) is 6.92 Å². The van der Waals surface area contributed by atoms with Crippen molar-refractivity contribution in [2.75, 3.05) is 0 Å². The molecule has 0 saturated heterocycles. The molecule has 19 heavy (non-hydrogen) atoms. The molecule has 0 aromatic heterocycles. The van der Waals surface area contributed by atoms with Gasteiger partial charge in [-0.1, -0.05) is 0 Å². The van der Waals surface area contributed by atoms with E-state index < -0.39 is 0 Å². The zero-order chi connectivity index (χ0) is 15.3. The zero-order valence-corrected chi connectivity index (χ0v) is 11.4. The Kier molecular flexibility index (Phi) is 13.1. The van der Waals surface area contributed by atoms with Crippen LogP contribution in [0.1, 0.15) is 17.5 Å². The van der Waals surface area contributed by atoms with Gasteiger partial charge in [0.25, 0.3) is 20.4 Å². The number of rotatable bonds is 1. The maximum atomic E-state index is 7.50. The molecule has 0 spiro atoms. The van der Waals surface area contributed by atoms with Gasteiger partial charge >= 0.3 is 86.9 Å². The van der Waals surface area contributed by atoms with Crippen LogP contribution in [0.3, 0.4) is 0 Å². The van der Waals surface area contributed by atoms with E-state index in [1.165, 1.54) is 21.2 Å². The number of carbonyl (C=O) groups excluding carboxylic acids is 3. The third-order valence-corrected chi connectivity index (χ3v) is 2.58. The Morgan fingerprint density at radius 3 is 2.00 bits per heavy atom. The molecule has 0 fully saturated rings. The van der Waals surface area contributed by atoms with Gasteiger partial charge in [-0.3, -0.25) is 14.4 Å². The van der Waals surface area contributed by atoms with Crippen molar-refractivity contribution in [3.05, 3.63) is 52.0 Å². The summed E-state index contributed by atoms with van der Waals surface area (Å²) < 4.78 is 1.21. The molecule has 0 bridgehead atoms. The second kappa shape index (κ2) is 12.7. The minimum atomic E-state index is 1.00. The van der Waals surface area contributed by atoms with Gasteiger partial charge in [-0.2, -0.15) is 0 Å². The van der Waals surface area contributed by atoms with Gasteiger partial charge in [0.2, 0.25) is 0 Å². The summed E-state index contributed by atoms with van der Waals surface area (Å²) in [6.07, 6.45) is 5.26. The third-order valence-electron chi connectivity index (χ3n) is 2.21. The van der Waals surface area contributed by atoms with Crippen LogP contribution in [0.25, 0.3) is 5.57 Å². The minimum Gasteiger partial charge on any atom is -0.281 e. The van der Waals surface area contributed by atoms with Crippen molar-refractivity contribution >= 4 is 25.9 Å². The summed E-state index contributed by atoms with van der Waals surface area (Å²) in [6.45, 7) is 15.6. The maximum Gasteiger partial charge on any atom is 0.281 e. The summed E-state index contributed by atoms with van der Waals surface area (Å²) in [4.78, 5) is 22.5. The number of benzene rings is 1. The largest absolute Gasteiger partial charge is 0.281 e. The first kappa shape index (κ1) is 19.6. The van der Waals surface area contributed by atoms with Crippen molar-refractivity contribution < 1.29 is 30.4 Å². The molecule has 2 rings (SSSR count). The van der Waals surface area contributed by atoms with Gasteiger partial charge in [-0.15, -0.1) is 0 Å². The van der Waals surface area contributed by atoms with Crippen LogP contribution >= 0.6 is 0 Å². The Morgan fingerprint density at radius 1 is 1.00 bits per heavy atom. The van der Waals surface area contributed by atoms with Crippen LogP contribution in [-0.4, -0.2) is 20.4 Å². The van der Waals surface area contributed by atoms with Crippen molar-refractivity contribution in [3.8, 4) is 0 Å². The maximum absolute atomic E-state index is 7.50. The molecule has 97 valence electrons. The van der Waals surface area contributed by atoms with E-state index in [2.05, 4.69) is 79.7 Å². The van der Waals surface area contributed by atoms with Gasteiger partial charge in [0.05, 0.1) is 0 Å². The summed E-state index contributed by atoms with van der Waals surface area (Å²) in [7, 11) is 0. The Balaban J connectivity index is 0. The second-order valence-corrected chi connectivity index (χ2v) is 4.05. The predicted octanol–water partition coefficient (Wildman–Crippen LogP) is 2.02.